The number of hydrogen-bond donors (Lipinski definition) is 0. The van der Waals surface area contributed by atoms with Crippen LogP contribution in [0, 0.1) is 0 Å². The summed E-state index contributed by atoms with van der Waals surface area (Å²) in [5, 5.41) is 2.52. The van der Waals surface area contributed by atoms with E-state index in [0.29, 0.717) is 0 Å². The molecule has 0 saturated heterocycles. The van der Waals surface area contributed by atoms with Gasteiger partial charge in [0.05, 0.1) is 21.6 Å². The van der Waals surface area contributed by atoms with Crippen molar-refractivity contribution in [1.29, 1.82) is 0 Å². The molecule has 6 aromatic rings. The number of imidazole rings is 1. The molecule has 0 N–H and O–H groups in total. The molecular formula is C31H21N2OPS. The molecule has 7 rings (SSSR count). The summed E-state index contributed by atoms with van der Waals surface area (Å²) in [5.74, 6) is 0.894. The molecule has 1 aliphatic heterocycles. The molecule has 36 heavy (non-hydrogen) atoms. The van der Waals surface area contributed by atoms with Crippen molar-refractivity contribution in [3.8, 4) is 17.1 Å². The number of nitrogens with zero attached hydrogens (tertiary/aromatic N) is 2. The predicted molar refractivity (Wildman–Crippen MR) is 150 cm³/mol. The lowest BCUT2D eigenvalue weighted by Crippen LogP contribution is -2.27. The van der Waals surface area contributed by atoms with Gasteiger partial charge in [-0.25, -0.2) is 4.98 Å². The molecule has 2 heterocycles. The molecule has 0 spiro atoms. The van der Waals surface area contributed by atoms with Crippen LogP contribution in [0.15, 0.2) is 137 Å². The lowest BCUT2D eigenvalue weighted by atomic mass is 10.2. The molecule has 1 aliphatic rings. The van der Waals surface area contributed by atoms with E-state index in [1.807, 2.05) is 91.0 Å². The molecule has 5 aromatic carbocycles. The van der Waals surface area contributed by atoms with E-state index < -0.39 is 7.14 Å². The summed E-state index contributed by atoms with van der Waals surface area (Å²) in [7, 11) is -3.16. The van der Waals surface area contributed by atoms with Crippen molar-refractivity contribution in [3.63, 3.8) is 0 Å². The second kappa shape index (κ2) is 8.37. The van der Waals surface area contributed by atoms with Gasteiger partial charge in [-0.2, -0.15) is 0 Å². The lowest BCUT2D eigenvalue weighted by molar-refractivity contribution is 0.592. The molecule has 172 valence electrons. The smallest absolute Gasteiger partial charge is 0.172 e. The van der Waals surface area contributed by atoms with Crippen LogP contribution in [-0.4, -0.2) is 9.55 Å². The highest BCUT2D eigenvalue weighted by atomic mass is 32.2. The molecule has 0 radical (unpaired) electrons. The fraction of sp³-hybridized carbons (Fsp3) is 0. The van der Waals surface area contributed by atoms with Gasteiger partial charge in [0, 0.05) is 26.4 Å². The minimum atomic E-state index is -3.16. The first kappa shape index (κ1) is 21.4. The maximum atomic E-state index is 15.3. The first-order chi connectivity index (χ1) is 17.7. The Bertz CT molecular complexity index is 1740. The molecular weight excluding hydrogens is 479 g/mol. The highest BCUT2D eigenvalue weighted by Gasteiger charge is 2.36. The van der Waals surface area contributed by atoms with E-state index in [1.165, 1.54) is 0 Å². The minimum Gasteiger partial charge on any atom is -0.309 e. The Hall–Kier alpha value is -3.85. The van der Waals surface area contributed by atoms with Gasteiger partial charge >= 0.3 is 0 Å². The quantitative estimate of drug-likeness (QED) is 0.250. The maximum absolute atomic E-state index is 15.3. The SMILES string of the molecule is O=P(c1ccccc1)(c1ccccc1)c1ccc2nc(-c3ccccc3)n3c2c1Sc1ccccc1-3. The molecule has 0 bridgehead atoms. The molecule has 0 unspecified atom stereocenters. The van der Waals surface area contributed by atoms with E-state index in [2.05, 4.69) is 41.0 Å². The van der Waals surface area contributed by atoms with Crippen molar-refractivity contribution in [2.75, 3.05) is 0 Å². The zero-order valence-corrected chi connectivity index (χ0v) is 21.0. The summed E-state index contributed by atoms with van der Waals surface area (Å²) in [4.78, 5) is 7.22. The second-order valence-electron chi connectivity index (χ2n) is 8.77. The molecule has 5 heteroatoms. The van der Waals surface area contributed by atoms with E-state index in [9.17, 15) is 0 Å². The average molecular weight is 501 g/mol. The Kier molecular flexibility index (Phi) is 4.99. The summed E-state index contributed by atoms with van der Waals surface area (Å²) >= 11 is 1.69. The van der Waals surface area contributed by atoms with E-state index in [0.717, 1.165) is 53.8 Å². The lowest BCUT2D eigenvalue weighted by Gasteiger charge is -2.26. The van der Waals surface area contributed by atoms with Gasteiger partial charge in [-0.1, -0.05) is 115 Å². The zero-order chi connectivity index (χ0) is 24.1. The average Bonchev–Trinajstić information content (AvgIpc) is 3.35. The highest BCUT2D eigenvalue weighted by Crippen LogP contribution is 2.51. The Morgan fingerprint density at radius 3 is 1.89 bits per heavy atom. The topological polar surface area (TPSA) is 34.9 Å². The van der Waals surface area contributed by atoms with Crippen molar-refractivity contribution >= 4 is 45.9 Å². The number of fused-ring (bicyclic) bond motifs is 2. The summed E-state index contributed by atoms with van der Waals surface area (Å²) in [6.45, 7) is 0. The van der Waals surface area contributed by atoms with Gasteiger partial charge in [0.2, 0.25) is 0 Å². The van der Waals surface area contributed by atoms with Crippen molar-refractivity contribution in [2.45, 2.75) is 9.79 Å². The Labute approximate surface area is 213 Å². The normalized spacial score (nSPS) is 12.4. The van der Waals surface area contributed by atoms with Gasteiger partial charge in [0.1, 0.15) is 5.82 Å². The Morgan fingerprint density at radius 2 is 1.22 bits per heavy atom. The van der Waals surface area contributed by atoms with Crippen molar-refractivity contribution in [3.05, 3.63) is 127 Å². The van der Waals surface area contributed by atoms with E-state index in [1.54, 1.807) is 11.8 Å². The number of aromatic nitrogens is 2. The predicted octanol–water partition coefficient (Wildman–Crippen LogP) is 6.80. The van der Waals surface area contributed by atoms with Gasteiger partial charge < -0.3 is 4.57 Å². The van der Waals surface area contributed by atoms with Crippen LogP contribution in [0.25, 0.3) is 28.1 Å². The maximum Gasteiger partial charge on any atom is 0.172 e. The van der Waals surface area contributed by atoms with Gasteiger partial charge in [-0.05, 0) is 24.3 Å². The highest BCUT2D eigenvalue weighted by molar-refractivity contribution is 8.00. The molecule has 1 aromatic heterocycles. The fourth-order valence-corrected chi connectivity index (χ4v) is 9.36. The summed E-state index contributed by atoms with van der Waals surface area (Å²) < 4.78 is 17.6. The standard InChI is InChI=1S/C31H21N2OPS/c34-35(23-14-6-2-7-15-23,24-16-8-3-9-17-24)27-21-20-25-29-30(27)36-28-19-11-10-18-26(28)33(29)31(32-25)22-12-4-1-5-13-22/h1-21H. The Balaban J connectivity index is 1.60. The molecule has 0 aliphatic carbocycles. The fourth-order valence-electron chi connectivity index (χ4n) is 5.03. The summed E-state index contributed by atoms with van der Waals surface area (Å²) in [6, 6.07) is 42.5. The van der Waals surface area contributed by atoms with E-state index in [4.69, 9.17) is 4.98 Å². The van der Waals surface area contributed by atoms with Crippen molar-refractivity contribution < 1.29 is 4.57 Å². The summed E-state index contributed by atoms with van der Waals surface area (Å²) in [6.07, 6.45) is 0. The van der Waals surface area contributed by atoms with Crippen LogP contribution in [0.2, 0.25) is 0 Å². The molecule has 0 atom stereocenters. The molecule has 0 amide bonds. The largest absolute Gasteiger partial charge is 0.309 e. The van der Waals surface area contributed by atoms with Crippen LogP contribution in [0.3, 0.4) is 0 Å². The van der Waals surface area contributed by atoms with Gasteiger partial charge in [0.25, 0.3) is 0 Å². The molecule has 3 nitrogen and oxygen atoms in total. The second-order valence-corrected chi connectivity index (χ2v) is 12.6. The monoisotopic (exact) mass is 500 g/mol. The Morgan fingerprint density at radius 1 is 0.639 bits per heavy atom. The van der Waals surface area contributed by atoms with E-state index >= 15 is 4.57 Å². The van der Waals surface area contributed by atoms with Crippen LogP contribution >= 0.6 is 18.9 Å². The first-order valence-corrected chi connectivity index (χ1v) is 14.4. The molecule has 0 saturated carbocycles. The first-order valence-electron chi connectivity index (χ1n) is 11.8. The summed E-state index contributed by atoms with van der Waals surface area (Å²) in [5.41, 5.74) is 4.07. The van der Waals surface area contributed by atoms with E-state index in [-0.39, 0.29) is 0 Å². The minimum absolute atomic E-state index is 0.834. The number of rotatable bonds is 4. The number of hydrogen-bond acceptors (Lipinski definition) is 3. The molecule has 0 fully saturated rings. The van der Waals surface area contributed by atoms with Crippen LogP contribution in [0.5, 0.6) is 0 Å². The van der Waals surface area contributed by atoms with Gasteiger partial charge in [0.15, 0.2) is 7.14 Å². The van der Waals surface area contributed by atoms with Crippen molar-refractivity contribution in [2.24, 2.45) is 0 Å². The van der Waals surface area contributed by atoms with Crippen LogP contribution < -0.4 is 15.9 Å². The number of para-hydroxylation sites is 1. The third-order valence-electron chi connectivity index (χ3n) is 6.68. The third-order valence-corrected chi connectivity index (χ3v) is 11.1. The van der Waals surface area contributed by atoms with Crippen LogP contribution in [0.1, 0.15) is 0 Å². The van der Waals surface area contributed by atoms with Gasteiger partial charge in [-0.15, -0.1) is 0 Å². The van der Waals surface area contributed by atoms with Crippen LogP contribution in [-0.2, 0) is 4.57 Å². The number of benzene rings is 5. The van der Waals surface area contributed by atoms with Crippen molar-refractivity contribution in [1.82, 2.24) is 9.55 Å². The zero-order valence-electron chi connectivity index (χ0n) is 19.3. The van der Waals surface area contributed by atoms with Crippen LogP contribution in [0.4, 0.5) is 0 Å². The van der Waals surface area contributed by atoms with Gasteiger partial charge in [-0.3, -0.25) is 4.57 Å². The third kappa shape index (κ3) is 3.15.